The van der Waals surface area contributed by atoms with Gasteiger partial charge in [-0.15, -0.1) is 10.2 Å². The number of hydrogen-bond donors (Lipinski definition) is 2. The van der Waals surface area contributed by atoms with E-state index in [4.69, 9.17) is 9.47 Å². The monoisotopic (exact) mass is 434 g/mol. The number of fused-ring (bicyclic) bond motifs is 1. The molecule has 3 heterocycles. The number of aryl methyl sites for hydroxylation is 2. The van der Waals surface area contributed by atoms with Crippen LogP contribution in [0.2, 0.25) is 0 Å². The summed E-state index contributed by atoms with van der Waals surface area (Å²) in [5, 5.41) is 18.4. The first-order chi connectivity index (χ1) is 15.7. The molecule has 2 N–H and O–H groups in total. The van der Waals surface area contributed by atoms with E-state index in [1.807, 2.05) is 54.6 Å². The fourth-order valence-electron chi connectivity index (χ4n) is 4.10. The van der Waals surface area contributed by atoms with E-state index in [0.717, 1.165) is 42.7 Å². The van der Waals surface area contributed by atoms with Gasteiger partial charge < -0.3 is 20.1 Å². The second-order valence-electron chi connectivity index (χ2n) is 8.09. The van der Waals surface area contributed by atoms with Crippen molar-refractivity contribution in [1.29, 1.82) is 0 Å². The van der Waals surface area contributed by atoms with Crippen molar-refractivity contribution in [2.45, 2.75) is 44.1 Å². The predicted octanol–water partition coefficient (Wildman–Crippen LogP) is 2.65. The van der Waals surface area contributed by atoms with Crippen LogP contribution in [0.15, 0.2) is 54.6 Å². The number of ether oxygens (including phenoxy) is 2. The number of carbonyl (C=O) groups is 1. The number of urea groups is 1. The number of aromatic nitrogens is 4. The van der Waals surface area contributed by atoms with Crippen LogP contribution in [-0.2, 0) is 22.4 Å². The second-order valence-corrected chi connectivity index (χ2v) is 8.09. The Bertz CT molecular complexity index is 1030. The Balaban J connectivity index is 1.06. The van der Waals surface area contributed by atoms with E-state index in [9.17, 15) is 4.79 Å². The Hall–Kier alpha value is -3.30. The third-order valence-corrected chi connectivity index (χ3v) is 5.80. The average molecular weight is 435 g/mol. The molecule has 3 unspecified atom stereocenters. The van der Waals surface area contributed by atoms with Crippen molar-refractivity contribution in [1.82, 2.24) is 25.5 Å². The minimum Gasteiger partial charge on any atom is -0.375 e. The van der Waals surface area contributed by atoms with Crippen LogP contribution in [0.3, 0.4) is 0 Å². The van der Waals surface area contributed by atoms with Crippen molar-refractivity contribution in [2.75, 3.05) is 18.5 Å². The van der Waals surface area contributed by atoms with Gasteiger partial charge in [0, 0.05) is 30.8 Å². The number of tetrazole rings is 1. The first-order valence-corrected chi connectivity index (χ1v) is 11.0. The molecule has 2 fully saturated rings. The van der Waals surface area contributed by atoms with Crippen molar-refractivity contribution in [3.63, 3.8) is 0 Å². The first-order valence-electron chi connectivity index (χ1n) is 11.0. The van der Waals surface area contributed by atoms with Crippen LogP contribution in [0.5, 0.6) is 0 Å². The number of anilines is 1. The normalized spacial score (nSPS) is 21.9. The summed E-state index contributed by atoms with van der Waals surface area (Å²) in [5.74, 6) is 0.620. The lowest BCUT2D eigenvalue weighted by atomic mass is 10.1. The van der Waals surface area contributed by atoms with Crippen molar-refractivity contribution in [2.24, 2.45) is 0 Å². The summed E-state index contributed by atoms with van der Waals surface area (Å²) in [5.41, 5.74) is 2.81. The first kappa shape index (κ1) is 20.6. The molecule has 3 atom stereocenters. The fraction of sp³-hybridized carbons (Fsp3) is 0.391. The van der Waals surface area contributed by atoms with Gasteiger partial charge in [0.1, 0.15) is 0 Å². The Morgan fingerprint density at radius 2 is 1.94 bits per heavy atom. The molecular weight excluding hydrogens is 408 g/mol. The molecule has 0 radical (unpaired) electrons. The molecule has 9 heteroatoms. The highest BCUT2D eigenvalue weighted by Gasteiger charge is 2.39. The summed E-state index contributed by atoms with van der Waals surface area (Å²) in [4.78, 5) is 13.8. The highest BCUT2D eigenvalue weighted by Crippen LogP contribution is 2.30. The van der Waals surface area contributed by atoms with Crippen molar-refractivity contribution >= 4 is 11.7 Å². The zero-order chi connectivity index (χ0) is 21.8. The molecule has 166 valence electrons. The smallest absolute Gasteiger partial charge is 0.319 e. The lowest BCUT2D eigenvalue weighted by Crippen LogP contribution is -2.35. The van der Waals surface area contributed by atoms with Crippen molar-refractivity contribution < 1.29 is 14.3 Å². The summed E-state index contributed by atoms with van der Waals surface area (Å²) in [7, 11) is 0. The van der Waals surface area contributed by atoms with Crippen LogP contribution in [0.25, 0.3) is 11.4 Å². The Morgan fingerprint density at radius 3 is 2.75 bits per heavy atom. The maximum Gasteiger partial charge on any atom is 0.319 e. The lowest BCUT2D eigenvalue weighted by molar-refractivity contribution is 0.0402. The molecule has 2 aromatic carbocycles. The number of nitrogens with one attached hydrogen (secondary N) is 2. The molecule has 2 saturated heterocycles. The van der Waals surface area contributed by atoms with Gasteiger partial charge in [0.25, 0.3) is 0 Å². The van der Waals surface area contributed by atoms with Gasteiger partial charge in [-0.05, 0) is 35.8 Å². The van der Waals surface area contributed by atoms with E-state index < -0.39 is 0 Å². The Kier molecular flexibility index (Phi) is 6.09. The van der Waals surface area contributed by atoms with Gasteiger partial charge >= 0.3 is 6.03 Å². The van der Waals surface area contributed by atoms with E-state index in [1.165, 1.54) is 0 Å². The minimum absolute atomic E-state index is 0.0197. The standard InChI is InChI=1S/C23H26N6O3/c30-23(24-15-19-14-21-20(32-19)11-13-31-21)25-18-8-6-16(7-9-18)10-12-29-27-22(26-28-29)17-4-2-1-3-5-17/h1-9,19-21H,10-15H2,(H2,24,25,30). The average Bonchev–Trinajstić information content (AvgIpc) is 3.54. The molecule has 0 bridgehead atoms. The molecule has 0 aliphatic carbocycles. The molecular formula is C23H26N6O3. The summed E-state index contributed by atoms with van der Waals surface area (Å²) in [6.45, 7) is 1.88. The van der Waals surface area contributed by atoms with E-state index in [1.54, 1.807) is 4.80 Å². The van der Waals surface area contributed by atoms with Crippen LogP contribution in [0.1, 0.15) is 18.4 Å². The Morgan fingerprint density at radius 1 is 1.09 bits per heavy atom. The van der Waals surface area contributed by atoms with Gasteiger partial charge in [-0.25, -0.2) is 4.79 Å². The molecule has 5 rings (SSSR count). The minimum atomic E-state index is -0.236. The van der Waals surface area contributed by atoms with Gasteiger partial charge in [-0.3, -0.25) is 0 Å². The number of amides is 2. The third kappa shape index (κ3) is 4.95. The fourth-order valence-corrected chi connectivity index (χ4v) is 4.10. The molecule has 3 aromatic rings. The summed E-state index contributed by atoms with van der Waals surface area (Å²) < 4.78 is 11.5. The molecule has 2 aliphatic heterocycles. The molecule has 0 spiro atoms. The van der Waals surface area contributed by atoms with Crippen LogP contribution in [0.4, 0.5) is 10.5 Å². The third-order valence-electron chi connectivity index (χ3n) is 5.80. The Labute approximate surface area is 186 Å². The van der Waals surface area contributed by atoms with Crippen LogP contribution >= 0.6 is 0 Å². The van der Waals surface area contributed by atoms with Gasteiger partial charge in [-0.1, -0.05) is 42.5 Å². The van der Waals surface area contributed by atoms with Crippen molar-refractivity contribution in [3.8, 4) is 11.4 Å². The number of nitrogens with zero attached hydrogens (tertiary/aromatic N) is 4. The van der Waals surface area contributed by atoms with Gasteiger partial charge in [0.2, 0.25) is 5.82 Å². The zero-order valence-electron chi connectivity index (χ0n) is 17.7. The number of benzene rings is 2. The maximum atomic E-state index is 12.2. The predicted molar refractivity (Wildman–Crippen MR) is 118 cm³/mol. The molecule has 9 nitrogen and oxygen atoms in total. The lowest BCUT2D eigenvalue weighted by Gasteiger charge is -2.13. The molecule has 0 saturated carbocycles. The van der Waals surface area contributed by atoms with E-state index in [2.05, 4.69) is 26.0 Å². The van der Waals surface area contributed by atoms with E-state index in [0.29, 0.717) is 18.9 Å². The topological polar surface area (TPSA) is 103 Å². The molecule has 1 aromatic heterocycles. The second kappa shape index (κ2) is 9.46. The molecule has 32 heavy (non-hydrogen) atoms. The summed E-state index contributed by atoms with van der Waals surface area (Å²) in [6, 6.07) is 17.3. The van der Waals surface area contributed by atoms with Crippen LogP contribution in [-0.4, -0.2) is 57.7 Å². The highest BCUT2D eigenvalue weighted by atomic mass is 16.6. The number of hydrogen-bond acceptors (Lipinski definition) is 6. The largest absolute Gasteiger partial charge is 0.375 e. The summed E-state index contributed by atoms with van der Waals surface area (Å²) in [6.07, 6.45) is 2.95. The zero-order valence-corrected chi connectivity index (χ0v) is 17.7. The molecule has 2 aliphatic rings. The van der Waals surface area contributed by atoms with E-state index >= 15 is 0 Å². The highest BCUT2D eigenvalue weighted by molar-refractivity contribution is 5.89. The maximum absolute atomic E-state index is 12.2. The SMILES string of the molecule is O=C(NCC1CC2OCCC2O1)Nc1ccc(CCn2nnc(-c3ccccc3)n2)cc1. The van der Waals surface area contributed by atoms with E-state index in [-0.39, 0.29) is 24.3 Å². The van der Waals surface area contributed by atoms with Crippen LogP contribution in [0, 0.1) is 0 Å². The van der Waals surface area contributed by atoms with Gasteiger partial charge in [0.15, 0.2) is 0 Å². The summed E-state index contributed by atoms with van der Waals surface area (Å²) >= 11 is 0. The quantitative estimate of drug-likeness (QED) is 0.593. The van der Waals surface area contributed by atoms with Gasteiger partial charge in [-0.2, -0.15) is 4.80 Å². The van der Waals surface area contributed by atoms with Gasteiger partial charge in [0.05, 0.1) is 24.9 Å². The van der Waals surface area contributed by atoms with Crippen LogP contribution < -0.4 is 10.6 Å². The van der Waals surface area contributed by atoms with Crippen molar-refractivity contribution in [3.05, 3.63) is 60.2 Å². The number of rotatable bonds is 7. The molecule has 2 amide bonds. The number of carbonyl (C=O) groups excluding carboxylic acids is 1.